The minimum atomic E-state index is -4.52. The van der Waals surface area contributed by atoms with Gasteiger partial charge in [-0.25, -0.2) is 0 Å². The normalized spacial score (nSPS) is 19.8. The number of halogens is 5. The van der Waals surface area contributed by atoms with Gasteiger partial charge in [-0.1, -0.05) is 60.7 Å². The van der Waals surface area contributed by atoms with Gasteiger partial charge in [0.1, 0.15) is 5.82 Å². The van der Waals surface area contributed by atoms with Gasteiger partial charge in [-0.15, -0.1) is 24.8 Å². The molecule has 3 aromatic rings. The van der Waals surface area contributed by atoms with Gasteiger partial charge < -0.3 is 19.1 Å². The standard InChI is InChI=1S/C35H42F3N5O4.2ClH/c1-45-18-15-30(44)42-16-17-43-27(20-42)19-41(22-29(43)31(24-9-5-3-6-10-24)25-11-7-4-8-12-25)21-28-33(46-2)39-32(26-13-14-26)40-34(28)47-23-35(36,37)38;;/h3-12,26-27,29,31H,13-23H2,1-2H3;2*1H. The van der Waals surface area contributed by atoms with E-state index in [9.17, 15) is 18.0 Å². The van der Waals surface area contributed by atoms with Crippen LogP contribution in [0.1, 0.15) is 53.6 Å². The molecule has 1 aromatic heterocycles. The number of hydrogen-bond acceptors (Lipinski definition) is 8. The minimum Gasteiger partial charge on any atom is -0.481 e. The summed E-state index contributed by atoms with van der Waals surface area (Å²) in [5.74, 6) is 0.765. The quantitative estimate of drug-likeness (QED) is 0.235. The molecular weight excluding hydrogens is 682 g/mol. The Hall–Kier alpha value is -3.16. The molecule has 49 heavy (non-hydrogen) atoms. The Morgan fingerprint density at radius 3 is 2.10 bits per heavy atom. The van der Waals surface area contributed by atoms with Crippen LogP contribution in [0.5, 0.6) is 11.8 Å². The molecule has 2 aliphatic heterocycles. The largest absolute Gasteiger partial charge is 0.481 e. The molecule has 1 saturated carbocycles. The third-order valence-corrected chi connectivity index (χ3v) is 9.28. The number of aromatic nitrogens is 2. The zero-order chi connectivity index (χ0) is 33.0. The Morgan fingerprint density at radius 2 is 1.53 bits per heavy atom. The van der Waals surface area contributed by atoms with Crippen molar-refractivity contribution in [3.8, 4) is 11.8 Å². The molecular formula is C35H44Cl2F3N5O4. The summed E-state index contributed by atoms with van der Waals surface area (Å²) in [5, 5.41) is 0. The molecule has 2 aromatic carbocycles. The lowest BCUT2D eigenvalue weighted by molar-refractivity contribution is -0.154. The first kappa shape index (κ1) is 38.6. The van der Waals surface area contributed by atoms with Gasteiger partial charge in [0.25, 0.3) is 0 Å². The molecule has 9 nitrogen and oxygen atoms in total. The molecule has 1 amide bonds. The van der Waals surface area contributed by atoms with Crippen LogP contribution >= 0.6 is 24.8 Å². The number of hydrogen-bond donors (Lipinski definition) is 0. The van der Waals surface area contributed by atoms with Gasteiger partial charge in [0, 0.05) is 70.3 Å². The van der Waals surface area contributed by atoms with Crippen LogP contribution in [0.3, 0.4) is 0 Å². The van der Waals surface area contributed by atoms with Crippen LogP contribution in [-0.4, -0.2) is 109 Å². The van der Waals surface area contributed by atoms with E-state index >= 15 is 0 Å². The highest BCUT2D eigenvalue weighted by Crippen LogP contribution is 2.42. The molecule has 3 heterocycles. The van der Waals surface area contributed by atoms with Gasteiger partial charge in [0.2, 0.25) is 17.7 Å². The van der Waals surface area contributed by atoms with Crippen molar-refractivity contribution in [1.29, 1.82) is 0 Å². The van der Waals surface area contributed by atoms with Gasteiger partial charge in [-0.3, -0.25) is 14.6 Å². The Labute approximate surface area is 297 Å². The molecule has 2 unspecified atom stereocenters. The van der Waals surface area contributed by atoms with Crippen molar-refractivity contribution in [1.82, 2.24) is 24.7 Å². The fraction of sp³-hybridized carbons (Fsp3) is 0.514. The molecule has 0 N–H and O–H groups in total. The highest BCUT2D eigenvalue weighted by Gasteiger charge is 2.43. The van der Waals surface area contributed by atoms with E-state index in [0.29, 0.717) is 57.1 Å². The van der Waals surface area contributed by atoms with Gasteiger partial charge >= 0.3 is 6.18 Å². The Kier molecular flexibility index (Phi) is 13.5. The van der Waals surface area contributed by atoms with E-state index in [4.69, 9.17) is 14.2 Å². The topological polar surface area (TPSA) is 80.3 Å². The summed E-state index contributed by atoms with van der Waals surface area (Å²) in [4.78, 5) is 28.9. The van der Waals surface area contributed by atoms with Crippen molar-refractivity contribution in [3.05, 3.63) is 83.2 Å². The van der Waals surface area contributed by atoms with Crippen LogP contribution in [-0.2, 0) is 16.1 Å². The SMILES string of the molecule is COCCC(=O)N1CCN2C(CN(Cc3c(OC)nc(C4CC4)nc3OCC(F)(F)F)CC2C(c2ccccc2)c2ccccc2)C1.Cl.Cl. The average Bonchev–Trinajstić information content (AvgIpc) is 3.93. The number of nitrogens with zero attached hydrogens (tertiary/aromatic N) is 5. The van der Waals surface area contributed by atoms with Gasteiger partial charge in [0.15, 0.2) is 6.61 Å². The van der Waals surface area contributed by atoms with Crippen LogP contribution in [0, 0.1) is 0 Å². The lowest BCUT2D eigenvalue weighted by atomic mass is 9.81. The van der Waals surface area contributed by atoms with Gasteiger partial charge in [-0.2, -0.15) is 23.1 Å². The van der Waals surface area contributed by atoms with E-state index in [-0.39, 0.29) is 72.9 Å². The summed E-state index contributed by atoms with van der Waals surface area (Å²) in [6.45, 7) is 2.22. The first-order valence-corrected chi connectivity index (χ1v) is 16.2. The molecule has 1 aliphatic carbocycles. The molecule has 2 saturated heterocycles. The number of methoxy groups -OCH3 is 2. The number of benzene rings is 2. The smallest absolute Gasteiger partial charge is 0.422 e. The second kappa shape index (κ2) is 17.2. The fourth-order valence-corrected chi connectivity index (χ4v) is 6.95. The van der Waals surface area contributed by atoms with E-state index in [2.05, 4.69) is 44.0 Å². The van der Waals surface area contributed by atoms with Crippen LogP contribution in [0.2, 0.25) is 0 Å². The maximum Gasteiger partial charge on any atom is 0.422 e. The molecule has 0 radical (unpaired) electrons. The minimum absolute atomic E-state index is 0. The highest BCUT2D eigenvalue weighted by molar-refractivity contribution is 5.85. The number of fused-ring (bicyclic) bond motifs is 1. The maximum atomic E-state index is 13.4. The Balaban J connectivity index is 0.00000270. The van der Waals surface area contributed by atoms with Crippen molar-refractivity contribution in [2.75, 3.05) is 60.2 Å². The molecule has 3 aliphatic rings. The molecule has 0 spiro atoms. The summed E-state index contributed by atoms with van der Waals surface area (Å²) in [6, 6.07) is 20.8. The Bertz CT molecular complexity index is 1460. The summed E-state index contributed by atoms with van der Waals surface area (Å²) in [7, 11) is 3.06. The van der Waals surface area contributed by atoms with Crippen LogP contribution in [0.25, 0.3) is 0 Å². The van der Waals surface area contributed by atoms with Crippen molar-refractivity contribution in [3.63, 3.8) is 0 Å². The van der Waals surface area contributed by atoms with E-state index in [0.717, 1.165) is 12.8 Å². The van der Waals surface area contributed by atoms with E-state index in [1.54, 1.807) is 7.11 Å². The zero-order valence-corrected chi connectivity index (χ0v) is 29.3. The summed E-state index contributed by atoms with van der Waals surface area (Å²) < 4.78 is 56.3. The number of piperazine rings is 2. The monoisotopic (exact) mass is 725 g/mol. The number of ether oxygens (including phenoxy) is 3. The number of carbonyl (C=O) groups excluding carboxylic acids is 1. The number of alkyl halides is 3. The van der Waals surface area contributed by atoms with Crippen molar-refractivity contribution in [2.24, 2.45) is 0 Å². The van der Waals surface area contributed by atoms with Crippen LogP contribution < -0.4 is 9.47 Å². The maximum absolute atomic E-state index is 13.4. The first-order valence-electron chi connectivity index (χ1n) is 16.2. The van der Waals surface area contributed by atoms with Gasteiger partial charge in [0.05, 0.1) is 25.7 Å². The van der Waals surface area contributed by atoms with Crippen LogP contribution in [0.15, 0.2) is 60.7 Å². The highest BCUT2D eigenvalue weighted by atomic mass is 35.5. The summed E-state index contributed by atoms with van der Waals surface area (Å²) >= 11 is 0. The van der Waals surface area contributed by atoms with Gasteiger partial charge in [-0.05, 0) is 24.0 Å². The lowest BCUT2D eigenvalue weighted by Crippen LogP contribution is -2.67. The number of rotatable bonds is 12. The average molecular weight is 727 g/mol. The summed E-state index contributed by atoms with van der Waals surface area (Å²) in [6.07, 6.45) is -2.45. The van der Waals surface area contributed by atoms with Crippen molar-refractivity contribution < 1.29 is 32.2 Å². The second-order valence-corrected chi connectivity index (χ2v) is 12.6. The third kappa shape index (κ3) is 9.55. The third-order valence-electron chi connectivity index (χ3n) is 9.28. The van der Waals surface area contributed by atoms with Crippen molar-refractivity contribution >= 4 is 30.7 Å². The van der Waals surface area contributed by atoms with E-state index < -0.39 is 12.8 Å². The number of carbonyl (C=O) groups is 1. The molecule has 6 rings (SSSR count). The number of amides is 1. The lowest BCUT2D eigenvalue weighted by Gasteiger charge is -2.53. The fourth-order valence-electron chi connectivity index (χ4n) is 6.95. The molecule has 268 valence electrons. The molecule has 0 bridgehead atoms. The van der Waals surface area contributed by atoms with E-state index in [1.165, 1.54) is 18.2 Å². The molecule has 14 heteroatoms. The molecule has 3 fully saturated rings. The predicted octanol–water partition coefficient (Wildman–Crippen LogP) is 5.71. The summed E-state index contributed by atoms with van der Waals surface area (Å²) in [5.41, 5.74) is 2.74. The predicted molar refractivity (Wildman–Crippen MR) is 184 cm³/mol. The van der Waals surface area contributed by atoms with Crippen molar-refractivity contribution in [2.45, 2.75) is 55.9 Å². The second-order valence-electron chi connectivity index (χ2n) is 12.6. The first-order chi connectivity index (χ1) is 22.7. The van der Waals surface area contributed by atoms with Crippen LogP contribution in [0.4, 0.5) is 13.2 Å². The van der Waals surface area contributed by atoms with E-state index in [1.807, 2.05) is 41.3 Å². The molecule has 2 atom stereocenters. The zero-order valence-electron chi connectivity index (χ0n) is 27.7. The Morgan fingerprint density at radius 1 is 0.898 bits per heavy atom.